The SMILES string of the molecule is CCc1ccccc1C(=O)NCCCCNC(=O)OCc1ccccc1. The number of hydrogen-bond donors (Lipinski definition) is 2. The minimum atomic E-state index is -0.422. The van der Waals surface area contributed by atoms with E-state index in [0.29, 0.717) is 13.1 Å². The topological polar surface area (TPSA) is 67.4 Å². The second-order valence-electron chi connectivity index (χ2n) is 5.96. The molecule has 0 fully saturated rings. The van der Waals surface area contributed by atoms with Crippen molar-refractivity contribution in [1.82, 2.24) is 10.6 Å². The van der Waals surface area contributed by atoms with Crippen molar-refractivity contribution >= 4 is 12.0 Å². The monoisotopic (exact) mass is 354 g/mol. The fraction of sp³-hybridized carbons (Fsp3) is 0.333. The summed E-state index contributed by atoms with van der Waals surface area (Å²) in [7, 11) is 0. The standard InChI is InChI=1S/C21H26N2O3/c1-2-18-12-6-7-13-19(18)20(24)22-14-8-9-15-23-21(25)26-16-17-10-4-3-5-11-17/h3-7,10-13H,2,8-9,14-16H2,1H3,(H,22,24)(H,23,25). The van der Waals surface area contributed by atoms with Gasteiger partial charge in [0.2, 0.25) is 0 Å². The number of hydrogen-bond acceptors (Lipinski definition) is 3. The van der Waals surface area contributed by atoms with Crippen molar-refractivity contribution in [2.75, 3.05) is 13.1 Å². The molecule has 2 aromatic rings. The molecule has 26 heavy (non-hydrogen) atoms. The van der Waals surface area contributed by atoms with E-state index in [0.717, 1.165) is 36.0 Å². The number of ether oxygens (including phenoxy) is 1. The van der Waals surface area contributed by atoms with Gasteiger partial charge >= 0.3 is 6.09 Å². The first-order chi connectivity index (χ1) is 12.7. The molecule has 0 unspecified atom stereocenters. The molecule has 5 heteroatoms. The Bertz CT molecular complexity index is 701. The van der Waals surface area contributed by atoms with Crippen LogP contribution in [0.3, 0.4) is 0 Å². The van der Waals surface area contributed by atoms with Crippen molar-refractivity contribution < 1.29 is 14.3 Å². The first-order valence-corrected chi connectivity index (χ1v) is 9.01. The van der Waals surface area contributed by atoms with Gasteiger partial charge in [-0.3, -0.25) is 4.79 Å². The summed E-state index contributed by atoms with van der Waals surface area (Å²) in [5.74, 6) is -0.0438. The summed E-state index contributed by atoms with van der Waals surface area (Å²) in [4.78, 5) is 23.8. The molecule has 0 aliphatic carbocycles. The molecule has 0 aromatic heterocycles. The third kappa shape index (κ3) is 6.59. The Morgan fingerprint density at radius 1 is 0.885 bits per heavy atom. The molecule has 2 aromatic carbocycles. The number of aryl methyl sites for hydroxylation is 1. The van der Waals surface area contributed by atoms with E-state index in [1.807, 2.05) is 61.5 Å². The van der Waals surface area contributed by atoms with E-state index in [-0.39, 0.29) is 12.5 Å². The number of carbonyl (C=O) groups excluding carboxylic acids is 2. The van der Waals surface area contributed by atoms with E-state index in [1.54, 1.807) is 0 Å². The van der Waals surface area contributed by atoms with Gasteiger partial charge in [-0.2, -0.15) is 0 Å². The second kappa shape index (κ2) is 10.9. The van der Waals surface area contributed by atoms with Crippen LogP contribution in [0.5, 0.6) is 0 Å². The van der Waals surface area contributed by atoms with Crippen LogP contribution in [-0.4, -0.2) is 25.1 Å². The van der Waals surface area contributed by atoms with E-state index < -0.39 is 6.09 Å². The van der Waals surface area contributed by atoms with Gasteiger partial charge in [-0.15, -0.1) is 0 Å². The number of rotatable bonds is 9. The second-order valence-corrected chi connectivity index (χ2v) is 5.96. The lowest BCUT2D eigenvalue weighted by Crippen LogP contribution is -2.28. The molecule has 2 N–H and O–H groups in total. The van der Waals surface area contributed by atoms with E-state index in [2.05, 4.69) is 10.6 Å². The molecule has 0 atom stereocenters. The molecule has 0 aliphatic heterocycles. The summed E-state index contributed by atoms with van der Waals surface area (Å²) in [5, 5.41) is 5.64. The predicted molar refractivity (Wildman–Crippen MR) is 102 cm³/mol. The molecule has 5 nitrogen and oxygen atoms in total. The molecule has 2 rings (SSSR count). The Morgan fingerprint density at radius 3 is 2.27 bits per heavy atom. The Morgan fingerprint density at radius 2 is 1.54 bits per heavy atom. The third-order valence-electron chi connectivity index (χ3n) is 4.01. The summed E-state index contributed by atoms with van der Waals surface area (Å²) in [6.45, 7) is 3.40. The van der Waals surface area contributed by atoms with Gasteiger partial charge in [-0.1, -0.05) is 55.5 Å². The highest BCUT2D eigenvalue weighted by atomic mass is 16.5. The van der Waals surface area contributed by atoms with Crippen LogP contribution in [0.2, 0.25) is 0 Å². The van der Waals surface area contributed by atoms with Gasteiger partial charge in [0, 0.05) is 18.7 Å². The van der Waals surface area contributed by atoms with E-state index in [1.165, 1.54) is 0 Å². The lowest BCUT2D eigenvalue weighted by Gasteiger charge is -2.09. The van der Waals surface area contributed by atoms with Gasteiger partial charge in [0.25, 0.3) is 5.91 Å². The smallest absolute Gasteiger partial charge is 0.407 e. The number of benzene rings is 2. The normalized spacial score (nSPS) is 10.2. The molecule has 0 saturated carbocycles. The number of nitrogens with one attached hydrogen (secondary N) is 2. The molecule has 2 amide bonds. The molecule has 0 spiro atoms. The summed E-state index contributed by atoms with van der Waals surface area (Å²) in [6, 6.07) is 17.2. The molecule has 138 valence electrons. The maximum Gasteiger partial charge on any atom is 0.407 e. The van der Waals surface area contributed by atoms with E-state index in [9.17, 15) is 9.59 Å². The molecular formula is C21H26N2O3. The zero-order valence-electron chi connectivity index (χ0n) is 15.2. The van der Waals surface area contributed by atoms with Crippen LogP contribution in [0.25, 0.3) is 0 Å². The van der Waals surface area contributed by atoms with E-state index in [4.69, 9.17) is 4.74 Å². The van der Waals surface area contributed by atoms with Crippen LogP contribution >= 0.6 is 0 Å². The molecule has 0 heterocycles. The van der Waals surface area contributed by atoms with Crippen molar-refractivity contribution in [1.29, 1.82) is 0 Å². The van der Waals surface area contributed by atoms with Crippen LogP contribution in [0.1, 0.15) is 41.3 Å². The minimum Gasteiger partial charge on any atom is -0.445 e. The summed E-state index contributed by atoms with van der Waals surface area (Å²) in [5.41, 5.74) is 2.74. The minimum absolute atomic E-state index is 0.0438. The van der Waals surface area contributed by atoms with Crippen molar-refractivity contribution in [2.24, 2.45) is 0 Å². The quantitative estimate of drug-likeness (QED) is 0.675. The van der Waals surface area contributed by atoms with Crippen LogP contribution < -0.4 is 10.6 Å². The highest BCUT2D eigenvalue weighted by Crippen LogP contribution is 2.09. The fourth-order valence-electron chi connectivity index (χ4n) is 2.56. The molecule has 0 saturated heterocycles. The van der Waals surface area contributed by atoms with Crippen molar-refractivity contribution in [3.8, 4) is 0 Å². The fourth-order valence-corrected chi connectivity index (χ4v) is 2.56. The highest BCUT2D eigenvalue weighted by molar-refractivity contribution is 5.95. The highest BCUT2D eigenvalue weighted by Gasteiger charge is 2.08. The van der Waals surface area contributed by atoms with Crippen molar-refractivity contribution in [3.05, 3.63) is 71.3 Å². The number of unbranched alkanes of at least 4 members (excludes halogenated alkanes) is 1. The first kappa shape index (κ1) is 19.5. The van der Waals surface area contributed by atoms with E-state index >= 15 is 0 Å². The van der Waals surface area contributed by atoms with Crippen LogP contribution in [0, 0.1) is 0 Å². The molecule has 0 aliphatic rings. The predicted octanol–water partition coefficient (Wildman–Crippen LogP) is 3.69. The molecule has 0 bridgehead atoms. The average Bonchev–Trinajstić information content (AvgIpc) is 2.69. The summed E-state index contributed by atoms with van der Waals surface area (Å²) in [6.07, 6.45) is 1.98. The van der Waals surface area contributed by atoms with Gasteiger partial charge in [-0.25, -0.2) is 4.79 Å². The number of alkyl carbamates (subject to hydrolysis) is 1. The van der Waals surface area contributed by atoms with Gasteiger partial charge in [-0.05, 0) is 36.5 Å². The van der Waals surface area contributed by atoms with Crippen LogP contribution in [-0.2, 0) is 17.8 Å². The van der Waals surface area contributed by atoms with Crippen LogP contribution in [0.15, 0.2) is 54.6 Å². The van der Waals surface area contributed by atoms with Crippen molar-refractivity contribution in [3.63, 3.8) is 0 Å². The zero-order valence-corrected chi connectivity index (χ0v) is 15.2. The summed E-state index contributed by atoms with van der Waals surface area (Å²) >= 11 is 0. The number of amides is 2. The van der Waals surface area contributed by atoms with Gasteiger partial charge in [0.15, 0.2) is 0 Å². The Kier molecular flexibility index (Phi) is 8.19. The largest absolute Gasteiger partial charge is 0.445 e. The lowest BCUT2D eigenvalue weighted by molar-refractivity contribution is 0.0951. The van der Waals surface area contributed by atoms with Gasteiger partial charge in [0.1, 0.15) is 6.61 Å². The Labute approximate surface area is 154 Å². The maximum atomic E-state index is 12.2. The van der Waals surface area contributed by atoms with Gasteiger partial charge in [0.05, 0.1) is 0 Å². The Hall–Kier alpha value is -2.82. The third-order valence-corrected chi connectivity index (χ3v) is 4.01. The maximum absolute atomic E-state index is 12.2. The van der Waals surface area contributed by atoms with Crippen LogP contribution in [0.4, 0.5) is 4.79 Å². The molecular weight excluding hydrogens is 328 g/mol. The zero-order chi connectivity index (χ0) is 18.6. The summed E-state index contributed by atoms with van der Waals surface area (Å²) < 4.78 is 5.14. The number of carbonyl (C=O) groups is 2. The first-order valence-electron chi connectivity index (χ1n) is 9.01. The lowest BCUT2D eigenvalue weighted by atomic mass is 10.0. The average molecular weight is 354 g/mol. The molecule has 0 radical (unpaired) electrons. The van der Waals surface area contributed by atoms with Crippen molar-refractivity contribution in [2.45, 2.75) is 32.8 Å². The van der Waals surface area contributed by atoms with Gasteiger partial charge < -0.3 is 15.4 Å². The Balaban J connectivity index is 1.56.